The minimum atomic E-state index is 0. The summed E-state index contributed by atoms with van der Waals surface area (Å²) in [6.45, 7) is 3.88. The van der Waals surface area contributed by atoms with Gasteiger partial charge in [0.15, 0.2) is 5.96 Å². The first kappa shape index (κ1) is 24.3. The number of ether oxygens (including phenoxy) is 1. The fraction of sp³-hybridized carbons (Fsp3) is 0.360. The minimum Gasteiger partial charge on any atom is -0.381 e. The molecule has 1 aliphatic heterocycles. The number of nitrogens with one attached hydrogen (secondary N) is 2. The van der Waals surface area contributed by atoms with Gasteiger partial charge in [0, 0.05) is 51.2 Å². The highest BCUT2D eigenvalue weighted by molar-refractivity contribution is 14.0. The Bertz CT molecular complexity index is 969. The third-order valence-electron chi connectivity index (χ3n) is 6.11. The fourth-order valence-corrected chi connectivity index (χ4v) is 4.23. The number of hydrogen-bond donors (Lipinski definition) is 2. The molecule has 6 nitrogen and oxygen atoms in total. The third-order valence-corrected chi connectivity index (χ3v) is 6.11. The van der Waals surface area contributed by atoms with Crippen molar-refractivity contribution < 1.29 is 4.74 Å². The smallest absolute Gasteiger partial charge is 0.191 e. The van der Waals surface area contributed by atoms with Gasteiger partial charge in [0.2, 0.25) is 0 Å². The van der Waals surface area contributed by atoms with Crippen LogP contribution in [0.15, 0.2) is 78.0 Å². The molecular formula is C25H32IN5O. The van der Waals surface area contributed by atoms with Crippen LogP contribution in [0.5, 0.6) is 0 Å². The van der Waals surface area contributed by atoms with Gasteiger partial charge in [-0.05, 0) is 35.6 Å². The zero-order valence-corrected chi connectivity index (χ0v) is 20.9. The molecule has 3 aromatic rings. The molecule has 32 heavy (non-hydrogen) atoms. The summed E-state index contributed by atoms with van der Waals surface area (Å²) in [6.07, 6.45) is 5.81. The van der Waals surface area contributed by atoms with Gasteiger partial charge in [0.25, 0.3) is 0 Å². The molecule has 2 heterocycles. The van der Waals surface area contributed by atoms with Gasteiger partial charge in [-0.2, -0.15) is 5.10 Å². The van der Waals surface area contributed by atoms with E-state index >= 15 is 0 Å². The van der Waals surface area contributed by atoms with E-state index in [1.807, 2.05) is 30.2 Å². The van der Waals surface area contributed by atoms with Gasteiger partial charge in [-0.25, -0.2) is 0 Å². The van der Waals surface area contributed by atoms with E-state index < -0.39 is 0 Å². The van der Waals surface area contributed by atoms with Gasteiger partial charge in [-0.15, -0.1) is 24.0 Å². The minimum absolute atomic E-state index is 0. The molecule has 0 amide bonds. The first-order valence-electron chi connectivity index (χ1n) is 10.9. The lowest BCUT2D eigenvalue weighted by molar-refractivity contribution is 0.0514. The molecule has 0 spiro atoms. The van der Waals surface area contributed by atoms with Crippen LogP contribution in [0.1, 0.15) is 29.5 Å². The summed E-state index contributed by atoms with van der Waals surface area (Å²) in [5.74, 6) is 0.815. The molecule has 0 atom stereocenters. The number of benzene rings is 2. The zero-order valence-electron chi connectivity index (χ0n) is 18.5. The number of halogens is 1. The van der Waals surface area contributed by atoms with Gasteiger partial charge in [-0.3, -0.25) is 9.67 Å². The molecule has 0 unspecified atom stereocenters. The molecule has 0 aliphatic carbocycles. The fourth-order valence-electron chi connectivity index (χ4n) is 4.23. The summed E-state index contributed by atoms with van der Waals surface area (Å²) in [7, 11) is 1.82. The van der Waals surface area contributed by atoms with Gasteiger partial charge in [-0.1, -0.05) is 54.6 Å². The highest BCUT2D eigenvalue weighted by atomic mass is 127. The third kappa shape index (κ3) is 6.10. The van der Waals surface area contributed by atoms with Crippen LogP contribution in [-0.2, 0) is 23.2 Å². The van der Waals surface area contributed by atoms with Crippen molar-refractivity contribution in [1.82, 2.24) is 20.4 Å². The van der Waals surface area contributed by atoms with E-state index in [4.69, 9.17) is 4.74 Å². The number of aliphatic imine (C=N–C) groups is 1. The molecule has 0 radical (unpaired) electrons. The van der Waals surface area contributed by atoms with E-state index in [2.05, 4.69) is 75.3 Å². The molecule has 0 bridgehead atoms. The molecule has 1 fully saturated rings. The van der Waals surface area contributed by atoms with Crippen LogP contribution in [0.4, 0.5) is 0 Å². The Morgan fingerprint density at radius 2 is 1.72 bits per heavy atom. The van der Waals surface area contributed by atoms with Crippen LogP contribution in [0, 0.1) is 0 Å². The molecule has 1 saturated heterocycles. The van der Waals surface area contributed by atoms with Gasteiger partial charge >= 0.3 is 0 Å². The van der Waals surface area contributed by atoms with Crippen LogP contribution in [-0.4, -0.2) is 42.5 Å². The molecule has 2 N–H and O–H groups in total. The lowest BCUT2D eigenvalue weighted by atomic mass is 9.74. The second-order valence-electron chi connectivity index (χ2n) is 8.01. The lowest BCUT2D eigenvalue weighted by Gasteiger charge is -2.38. The van der Waals surface area contributed by atoms with Crippen molar-refractivity contribution in [2.45, 2.75) is 31.3 Å². The Balaban J connectivity index is 0.00000289. The second kappa shape index (κ2) is 12.0. The lowest BCUT2D eigenvalue weighted by Crippen LogP contribution is -2.48. The molecular weight excluding hydrogens is 513 g/mol. The predicted molar refractivity (Wildman–Crippen MR) is 140 cm³/mol. The topological polar surface area (TPSA) is 63.5 Å². The van der Waals surface area contributed by atoms with Crippen LogP contribution in [0.3, 0.4) is 0 Å². The summed E-state index contributed by atoms with van der Waals surface area (Å²) >= 11 is 0. The van der Waals surface area contributed by atoms with Crippen molar-refractivity contribution in [2.75, 3.05) is 26.8 Å². The van der Waals surface area contributed by atoms with Crippen LogP contribution < -0.4 is 10.6 Å². The molecule has 170 valence electrons. The first-order valence-corrected chi connectivity index (χ1v) is 10.9. The van der Waals surface area contributed by atoms with Crippen molar-refractivity contribution in [3.8, 4) is 0 Å². The summed E-state index contributed by atoms with van der Waals surface area (Å²) in [6, 6.07) is 21.2. The van der Waals surface area contributed by atoms with Crippen molar-refractivity contribution in [1.29, 1.82) is 0 Å². The van der Waals surface area contributed by atoms with E-state index in [0.717, 1.165) is 45.1 Å². The van der Waals surface area contributed by atoms with Crippen LogP contribution in [0.2, 0.25) is 0 Å². The average molecular weight is 545 g/mol. The van der Waals surface area contributed by atoms with E-state index in [9.17, 15) is 0 Å². The van der Waals surface area contributed by atoms with Gasteiger partial charge in [0.05, 0.1) is 6.54 Å². The van der Waals surface area contributed by atoms with E-state index in [-0.39, 0.29) is 29.4 Å². The van der Waals surface area contributed by atoms with Crippen molar-refractivity contribution in [3.05, 3.63) is 89.7 Å². The average Bonchev–Trinajstić information content (AvgIpc) is 3.34. The number of guanidine groups is 1. The van der Waals surface area contributed by atoms with Crippen LogP contribution in [0.25, 0.3) is 0 Å². The predicted octanol–water partition coefficient (Wildman–Crippen LogP) is 3.96. The van der Waals surface area contributed by atoms with Gasteiger partial charge < -0.3 is 15.4 Å². The summed E-state index contributed by atoms with van der Waals surface area (Å²) < 4.78 is 7.61. The van der Waals surface area contributed by atoms with Crippen LogP contribution >= 0.6 is 24.0 Å². The quantitative estimate of drug-likeness (QED) is 0.268. The van der Waals surface area contributed by atoms with Gasteiger partial charge in [0.1, 0.15) is 0 Å². The summed E-state index contributed by atoms with van der Waals surface area (Å²) in [5, 5.41) is 11.4. The maximum Gasteiger partial charge on any atom is 0.191 e. The number of aromatic nitrogens is 2. The second-order valence-corrected chi connectivity index (χ2v) is 8.01. The normalized spacial score (nSPS) is 15.6. The molecule has 0 saturated carbocycles. The molecule has 4 rings (SSSR count). The molecule has 1 aliphatic rings. The first-order chi connectivity index (χ1) is 15.3. The zero-order chi connectivity index (χ0) is 21.4. The molecule has 2 aromatic carbocycles. The highest BCUT2D eigenvalue weighted by Crippen LogP contribution is 2.34. The maximum absolute atomic E-state index is 5.66. The highest BCUT2D eigenvalue weighted by Gasteiger charge is 2.34. The summed E-state index contributed by atoms with van der Waals surface area (Å²) in [5.41, 5.74) is 3.92. The Kier molecular flexibility index (Phi) is 9.11. The number of nitrogens with zero attached hydrogens (tertiary/aromatic N) is 3. The SMILES string of the molecule is CN=C(NCc1ccccc1Cn1cccn1)NCC1(c2ccccc2)CCOCC1.I. The number of hydrogen-bond acceptors (Lipinski definition) is 3. The number of rotatable bonds is 7. The van der Waals surface area contributed by atoms with E-state index in [0.29, 0.717) is 6.54 Å². The van der Waals surface area contributed by atoms with Crippen molar-refractivity contribution >= 4 is 29.9 Å². The molecule has 1 aromatic heterocycles. The van der Waals surface area contributed by atoms with Crippen molar-refractivity contribution in [2.24, 2.45) is 4.99 Å². The maximum atomic E-state index is 5.66. The van der Waals surface area contributed by atoms with E-state index in [1.54, 1.807) is 0 Å². The largest absolute Gasteiger partial charge is 0.381 e. The van der Waals surface area contributed by atoms with E-state index in [1.165, 1.54) is 16.7 Å². The van der Waals surface area contributed by atoms with Crippen molar-refractivity contribution in [3.63, 3.8) is 0 Å². The standard InChI is InChI=1S/C25H31N5O.HI/c1-26-24(27-18-21-8-5-6-9-22(21)19-30-15-7-14-29-30)28-20-25(12-16-31-17-13-25)23-10-3-2-4-11-23;/h2-11,14-15H,12-13,16-20H2,1H3,(H2,26,27,28);1H. The Labute approximate surface area is 207 Å². The monoisotopic (exact) mass is 545 g/mol. The Morgan fingerprint density at radius 1 is 1.00 bits per heavy atom. The molecule has 7 heteroatoms. The Morgan fingerprint density at radius 3 is 2.41 bits per heavy atom. The Hall–Kier alpha value is -2.39. The summed E-state index contributed by atoms with van der Waals surface area (Å²) in [4.78, 5) is 4.46.